The number of benzene rings is 1. The number of nitrogen functional groups attached to an aromatic ring is 1. The van der Waals surface area contributed by atoms with Gasteiger partial charge in [-0.25, -0.2) is 4.90 Å². The van der Waals surface area contributed by atoms with Crippen molar-refractivity contribution < 1.29 is 14.3 Å². The SMILES string of the molecule is COc1cc(N)ccc1N1C(=O)CC(C)C1=O. The van der Waals surface area contributed by atoms with Crippen molar-refractivity contribution in [2.45, 2.75) is 13.3 Å². The lowest BCUT2D eigenvalue weighted by atomic mass is 10.1. The van der Waals surface area contributed by atoms with Crippen LogP contribution >= 0.6 is 0 Å². The van der Waals surface area contributed by atoms with E-state index >= 15 is 0 Å². The largest absolute Gasteiger partial charge is 0.494 e. The first-order valence-electron chi connectivity index (χ1n) is 5.35. The first kappa shape index (κ1) is 11.4. The number of hydrogen-bond acceptors (Lipinski definition) is 4. The number of carbonyl (C=O) groups excluding carboxylic acids is 2. The maximum atomic E-state index is 11.9. The summed E-state index contributed by atoms with van der Waals surface area (Å²) in [5, 5.41) is 0. The maximum absolute atomic E-state index is 11.9. The van der Waals surface area contributed by atoms with Crippen LogP contribution in [0.5, 0.6) is 5.75 Å². The number of anilines is 2. The van der Waals surface area contributed by atoms with Crippen LogP contribution in [-0.2, 0) is 9.59 Å². The average Bonchev–Trinajstić information content (AvgIpc) is 2.54. The number of ether oxygens (including phenoxy) is 1. The molecule has 1 saturated heterocycles. The average molecular weight is 234 g/mol. The van der Waals surface area contributed by atoms with Crippen molar-refractivity contribution in [1.29, 1.82) is 0 Å². The van der Waals surface area contributed by atoms with E-state index in [0.717, 1.165) is 0 Å². The van der Waals surface area contributed by atoms with Gasteiger partial charge < -0.3 is 10.5 Å². The summed E-state index contributed by atoms with van der Waals surface area (Å²) in [6.07, 6.45) is 0.242. The van der Waals surface area contributed by atoms with Crippen molar-refractivity contribution in [3.8, 4) is 5.75 Å². The van der Waals surface area contributed by atoms with E-state index in [0.29, 0.717) is 17.1 Å². The van der Waals surface area contributed by atoms with Crippen LogP contribution < -0.4 is 15.4 Å². The summed E-state index contributed by atoms with van der Waals surface area (Å²) in [6.45, 7) is 1.74. The van der Waals surface area contributed by atoms with Crippen LogP contribution in [0.3, 0.4) is 0 Å². The summed E-state index contributed by atoms with van der Waals surface area (Å²) in [5.41, 5.74) is 6.61. The second-order valence-electron chi connectivity index (χ2n) is 4.10. The smallest absolute Gasteiger partial charge is 0.237 e. The van der Waals surface area contributed by atoms with E-state index < -0.39 is 0 Å². The second-order valence-corrected chi connectivity index (χ2v) is 4.10. The van der Waals surface area contributed by atoms with Crippen LogP contribution in [0.4, 0.5) is 11.4 Å². The Morgan fingerprint density at radius 3 is 2.65 bits per heavy atom. The minimum absolute atomic E-state index is 0.196. The Balaban J connectivity index is 2.47. The van der Waals surface area contributed by atoms with E-state index in [2.05, 4.69) is 0 Å². The predicted molar refractivity (Wildman–Crippen MR) is 63.7 cm³/mol. The lowest BCUT2D eigenvalue weighted by molar-refractivity contribution is -0.122. The Morgan fingerprint density at radius 2 is 2.12 bits per heavy atom. The van der Waals surface area contributed by atoms with Crippen LogP contribution in [0.25, 0.3) is 0 Å². The molecule has 0 bridgehead atoms. The van der Waals surface area contributed by atoms with Gasteiger partial charge >= 0.3 is 0 Å². The predicted octanol–water partition coefficient (Wildman–Crippen LogP) is 1.18. The minimum atomic E-state index is -0.273. The summed E-state index contributed by atoms with van der Waals surface area (Å²) < 4.78 is 5.14. The zero-order valence-electron chi connectivity index (χ0n) is 9.77. The van der Waals surface area contributed by atoms with Gasteiger partial charge in [-0.3, -0.25) is 9.59 Å². The molecule has 1 unspecified atom stereocenters. The number of nitrogens with zero attached hydrogens (tertiary/aromatic N) is 1. The fraction of sp³-hybridized carbons (Fsp3) is 0.333. The number of hydrogen-bond donors (Lipinski definition) is 1. The van der Waals surface area contributed by atoms with Crippen LogP contribution in [0.15, 0.2) is 18.2 Å². The number of nitrogens with two attached hydrogens (primary N) is 1. The van der Waals surface area contributed by atoms with Gasteiger partial charge in [-0.05, 0) is 12.1 Å². The highest BCUT2D eigenvalue weighted by Crippen LogP contribution is 2.34. The molecule has 0 radical (unpaired) electrons. The van der Waals surface area contributed by atoms with Crippen molar-refractivity contribution >= 4 is 23.2 Å². The van der Waals surface area contributed by atoms with Gasteiger partial charge in [0.25, 0.3) is 0 Å². The number of methoxy groups -OCH3 is 1. The molecule has 0 aliphatic carbocycles. The van der Waals surface area contributed by atoms with Gasteiger partial charge in [0.1, 0.15) is 5.75 Å². The fourth-order valence-electron chi connectivity index (χ4n) is 1.92. The number of rotatable bonds is 2. The quantitative estimate of drug-likeness (QED) is 0.616. The normalized spacial score (nSPS) is 19.9. The lowest BCUT2D eigenvalue weighted by Crippen LogP contribution is -2.30. The molecular formula is C12H14N2O3. The molecular weight excluding hydrogens is 220 g/mol. The molecule has 17 heavy (non-hydrogen) atoms. The van der Waals surface area contributed by atoms with Crippen LogP contribution in [-0.4, -0.2) is 18.9 Å². The molecule has 5 nitrogen and oxygen atoms in total. The number of amides is 2. The molecule has 1 aliphatic rings. The van der Waals surface area contributed by atoms with Gasteiger partial charge in [0, 0.05) is 24.1 Å². The zero-order valence-corrected chi connectivity index (χ0v) is 9.77. The van der Waals surface area contributed by atoms with Gasteiger partial charge in [-0.2, -0.15) is 0 Å². The van der Waals surface area contributed by atoms with Crippen molar-refractivity contribution in [2.24, 2.45) is 5.92 Å². The highest BCUT2D eigenvalue weighted by atomic mass is 16.5. The summed E-state index contributed by atoms with van der Waals surface area (Å²) in [5.74, 6) is -0.241. The van der Waals surface area contributed by atoms with Gasteiger partial charge in [0.2, 0.25) is 11.8 Å². The van der Waals surface area contributed by atoms with Crippen molar-refractivity contribution in [1.82, 2.24) is 0 Å². The molecule has 1 heterocycles. The van der Waals surface area contributed by atoms with Crippen molar-refractivity contribution in [2.75, 3.05) is 17.7 Å². The van der Waals surface area contributed by atoms with Gasteiger partial charge in [-0.15, -0.1) is 0 Å². The second kappa shape index (κ2) is 4.08. The highest BCUT2D eigenvalue weighted by Gasteiger charge is 2.37. The Labute approximate surface area is 99.2 Å². The molecule has 90 valence electrons. The van der Waals surface area contributed by atoms with Crippen molar-refractivity contribution in [3.05, 3.63) is 18.2 Å². The molecule has 2 amide bonds. The number of imide groups is 1. The Morgan fingerprint density at radius 1 is 1.41 bits per heavy atom. The Kier molecular flexibility index (Phi) is 2.75. The van der Waals surface area contributed by atoms with Crippen LogP contribution in [0, 0.1) is 5.92 Å². The molecule has 1 aromatic rings. The monoisotopic (exact) mass is 234 g/mol. The first-order valence-corrected chi connectivity index (χ1v) is 5.35. The van der Waals surface area contributed by atoms with Gasteiger partial charge in [0.05, 0.1) is 12.8 Å². The topological polar surface area (TPSA) is 72.6 Å². The van der Waals surface area contributed by atoms with E-state index in [1.165, 1.54) is 12.0 Å². The molecule has 1 atom stereocenters. The van der Waals surface area contributed by atoms with E-state index in [4.69, 9.17) is 10.5 Å². The van der Waals surface area contributed by atoms with Gasteiger partial charge in [0.15, 0.2) is 0 Å². The van der Waals surface area contributed by atoms with Crippen LogP contribution in [0.1, 0.15) is 13.3 Å². The van der Waals surface area contributed by atoms with Crippen molar-refractivity contribution in [3.63, 3.8) is 0 Å². The summed E-state index contributed by atoms with van der Waals surface area (Å²) in [6, 6.07) is 4.86. The lowest BCUT2D eigenvalue weighted by Gasteiger charge is -2.17. The fourth-order valence-corrected chi connectivity index (χ4v) is 1.92. The molecule has 0 spiro atoms. The molecule has 1 fully saturated rings. The summed E-state index contributed by atoms with van der Waals surface area (Å²) in [4.78, 5) is 24.8. The van der Waals surface area contributed by atoms with E-state index in [1.807, 2.05) is 0 Å². The van der Waals surface area contributed by atoms with Crippen LogP contribution in [0.2, 0.25) is 0 Å². The Bertz CT molecular complexity index is 485. The maximum Gasteiger partial charge on any atom is 0.237 e. The van der Waals surface area contributed by atoms with Gasteiger partial charge in [-0.1, -0.05) is 6.92 Å². The third kappa shape index (κ3) is 1.84. The molecule has 1 aliphatic heterocycles. The zero-order chi connectivity index (χ0) is 12.6. The third-order valence-corrected chi connectivity index (χ3v) is 2.82. The third-order valence-electron chi connectivity index (χ3n) is 2.82. The standard InChI is InChI=1S/C12H14N2O3/c1-7-5-11(15)14(12(7)16)9-4-3-8(13)6-10(9)17-2/h3-4,6-7H,5,13H2,1-2H3. The molecule has 2 N–H and O–H groups in total. The van der Waals surface area contributed by atoms with E-state index in [9.17, 15) is 9.59 Å². The van der Waals surface area contributed by atoms with E-state index in [-0.39, 0.29) is 24.2 Å². The summed E-state index contributed by atoms with van der Waals surface area (Å²) >= 11 is 0. The molecule has 0 saturated carbocycles. The molecule has 5 heteroatoms. The molecule has 2 rings (SSSR count). The number of carbonyl (C=O) groups is 2. The summed E-state index contributed by atoms with van der Waals surface area (Å²) in [7, 11) is 1.48. The Hall–Kier alpha value is -2.04. The first-order chi connectivity index (χ1) is 8.04. The van der Waals surface area contributed by atoms with E-state index in [1.54, 1.807) is 25.1 Å². The highest BCUT2D eigenvalue weighted by molar-refractivity contribution is 6.21. The molecule has 1 aromatic carbocycles. The minimum Gasteiger partial charge on any atom is -0.494 e. The molecule has 0 aromatic heterocycles.